The molecule has 0 atom stereocenters. The third-order valence-electron chi connectivity index (χ3n) is 4.03. The van der Waals surface area contributed by atoms with Crippen LogP contribution >= 0.6 is 0 Å². The van der Waals surface area contributed by atoms with E-state index in [1.807, 2.05) is 30.3 Å². The highest BCUT2D eigenvalue weighted by atomic mass is 16.2. The van der Waals surface area contributed by atoms with Crippen molar-refractivity contribution >= 4 is 29.2 Å². The van der Waals surface area contributed by atoms with E-state index < -0.39 is 6.03 Å². The predicted octanol–water partition coefficient (Wildman–Crippen LogP) is 2.77. The first-order valence-electron chi connectivity index (χ1n) is 9.27. The first-order chi connectivity index (χ1) is 14.6. The van der Waals surface area contributed by atoms with E-state index in [9.17, 15) is 14.4 Å². The van der Waals surface area contributed by atoms with Gasteiger partial charge in [-0.15, -0.1) is 0 Å². The lowest BCUT2D eigenvalue weighted by molar-refractivity contribution is -0.115. The molecule has 1 aromatic heterocycles. The van der Waals surface area contributed by atoms with Gasteiger partial charge in [-0.25, -0.2) is 4.79 Å². The topological polar surface area (TPSA) is 112 Å². The minimum absolute atomic E-state index is 0.188. The first-order valence-corrected chi connectivity index (χ1v) is 9.27. The molecule has 0 fully saturated rings. The summed E-state index contributed by atoms with van der Waals surface area (Å²) in [5, 5.41) is 10.6. The summed E-state index contributed by atoms with van der Waals surface area (Å²) in [7, 11) is 0. The standard InChI is InChI=1S/C22H21N5O3/c28-20(15-25-22(30)24-13-16-6-2-1-3-7-16)26-18-9-4-10-19(12-18)27-21(29)17-8-5-11-23-14-17/h1-12,14H,13,15H2,(H,26,28)(H,27,29)(H2,24,25,30). The van der Waals surface area contributed by atoms with Gasteiger partial charge in [0.05, 0.1) is 12.1 Å². The van der Waals surface area contributed by atoms with Gasteiger partial charge in [0.15, 0.2) is 0 Å². The minimum Gasteiger partial charge on any atom is -0.334 e. The number of rotatable bonds is 7. The normalized spacial score (nSPS) is 10.0. The van der Waals surface area contributed by atoms with E-state index in [1.165, 1.54) is 6.20 Å². The number of aromatic nitrogens is 1. The van der Waals surface area contributed by atoms with Gasteiger partial charge in [-0.05, 0) is 35.9 Å². The fourth-order valence-electron chi connectivity index (χ4n) is 2.58. The highest BCUT2D eigenvalue weighted by Crippen LogP contribution is 2.16. The second-order valence-corrected chi connectivity index (χ2v) is 6.35. The lowest BCUT2D eigenvalue weighted by Crippen LogP contribution is -2.39. The largest absolute Gasteiger partial charge is 0.334 e. The number of nitrogens with one attached hydrogen (secondary N) is 4. The second-order valence-electron chi connectivity index (χ2n) is 6.35. The summed E-state index contributed by atoms with van der Waals surface area (Å²) in [5.41, 5.74) is 2.41. The lowest BCUT2D eigenvalue weighted by Gasteiger charge is -2.10. The molecule has 30 heavy (non-hydrogen) atoms. The van der Waals surface area contributed by atoms with Crippen molar-refractivity contribution in [1.82, 2.24) is 15.6 Å². The molecule has 0 aliphatic carbocycles. The monoisotopic (exact) mass is 403 g/mol. The van der Waals surface area contributed by atoms with Crippen molar-refractivity contribution in [1.29, 1.82) is 0 Å². The van der Waals surface area contributed by atoms with Gasteiger partial charge in [-0.3, -0.25) is 14.6 Å². The molecule has 4 amide bonds. The number of amides is 4. The van der Waals surface area contributed by atoms with E-state index in [0.29, 0.717) is 23.5 Å². The molecule has 3 aromatic rings. The van der Waals surface area contributed by atoms with Gasteiger partial charge in [-0.2, -0.15) is 0 Å². The van der Waals surface area contributed by atoms with Crippen molar-refractivity contribution in [3.63, 3.8) is 0 Å². The molecule has 2 aromatic carbocycles. The van der Waals surface area contributed by atoms with Gasteiger partial charge in [0.25, 0.3) is 5.91 Å². The Morgan fingerprint density at radius 2 is 1.57 bits per heavy atom. The number of hydrogen-bond donors (Lipinski definition) is 4. The number of carbonyl (C=O) groups excluding carboxylic acids is 3. The zero-order valence-electron chi connectivity index (χ0n) is 16.1. The Balaban J connectivity index is 1.45. The summed E-state index contributed by atoms with van der Waals surface area (Å²) in [6.45, 7) is 0.180. The van der Waals surface area contributed by atoms with Crippen LogP contribution < -0.4 is 21.3 Å². The van der Waals surface area contributed by atoms with Gasteiger partial charge < -0.3 is 21.3 Å². The zero-order chi connectivity index (χ0) is 21.2. The summed E-state index contributed by atoms with van der Waals surface area (Å²) in [4.78, 5) is 40.0. The summed E-state index contributed by atoms with van der Waals surface area (Å²) in [6, 6.07) is 19.1. The van der Waals surface area contributed by atoms with Crippen molar-refractivity contribution in [2.45, 2.75) is 6.54 Å². The van der Waals surface area contributed by atoms with Crippen molar-refractivity contribution in [2.24, 2.45) is 0 Å². The van der Waals surface area contributed by atoms with Crippen LogP contribution in [-0.4, -0.2) is 29.4 Å². The highest BCUT2D eigenvalue weighted by molar-refractivity contribution is 6.04. The number of anilines is 2. The van der Waals surface area contributed by atoms with Gasteiger partial charge in [0, 0.05) is 30.3 Å². The molecule has 152 valence electrons. The molecule has 0 radical (unpaired) electrons. The van der Waals surface area contributed by atoms with E-state index in [0.717, 1.165) is 5.56 Å². The van der Waals surface area contributed by atoms with Crippen molar-refractivity contribution < 1.29 is 14.4 Å². The molecule has 0 saturated heterocycles. The van der Waals surface area contributed by atoms with E-state index in [4.69, 9.17) is 0 Å². The number of urea groups is 1. The molecule has 0 saturated carbocycles. The quantitative estimate of drug-likeness (QED) is 0.486. The summed E-state index contributed by atoms with van der Waals surface area (Å²) in [6.07, 6.45) is 3.05. The van der Waals surface area contributed by atoms with Crippen LogP contribution in [0.2, 0.25) is 0 Å². The van der Waals surface area contributed by atoms with E-state index in [-0.39, 0.29) is 18.4 Å². The van der Waals surface area contributed by atoms with Crippen LogP contribution in [-0.2, 0) is 11.3 Å². The van der Waals surface area contributed by atoms with Gasteiger partial charge in [0.2, 0.25) is 5.91 Å². The number of carbonyl (C=O) groups is 3. The van der Waals surface area contributed by atoms with Crippen molar-refractivity contribution in [3.05, 3.63) is 90.3 Å². The SMILES string of the molecule is O=C(CNC(=O)NCc1ccccc1)Nc1cccc(NC(=O)c2cccnc2)c1. The first kappa shape index (κ1) is 20.5. The zero-order valence-corrected chi connectivity index (χ0v) is 16.1. The summed E-state index contributed by atoms with van der Waals surface area (Å²) < 4.78 is 0. The number of hydrogen-bond acceptors (Lipinski definition) is 4. The maximum atomic E-state index is 12.2. The van der Waals surface area contributed by atoms with Crippen LogP contribution in [0.1, 0.15) is 15.9 Å². The number of benzene rings is 2. The molecule has 8 nitrogen and oxygen atoms in total. The minimum atomic E-state index is -0.438. The van der Waals surface area contributed by atoms with Crippen molar-refractivity contribution in [3.8, 4) is 0 Å². The molecule has 8 heteroatoms. The van der Waals surface area contributed by atoms with Crippen LogP contribution in [0.15, 0.2) is 79.1 Å². The molecule has 0 aliphatic heterocycles. The van der Waals surface area contributed by atoms with Gasteiger partial charge in [-0.1, -0.05) is 36.4 Å². The Bertz CT molecular complexity index is 1010. The van der Waals surface area contributed by atoms with E-state index in [1.54, 1.807) is 42.6 Å². The maximum absolute atomic E-state index is 12.2. The van der Waals surface area contributed by atoms with Crippen LogP contribution in [0.25, 0.3) is 0 Å². The Labute approximate surface area is 173 Å². The van der Waals surface area contributed by atoms with Crippen molar-refractivity contribution in [2.75, 3.05) is 17.2 Å². The Morgan fingerprint density at radius 3 is 2.30 bits per heavy atom. The molecule has 0 unspecified atom stereocenters. The lowest BCUT2D eigenvalue weighted by atomic mass is 10.2. The molecule has 4 N–H and O–H groups in total. The van der Waals surface area contributed by atoms with Gasteiger partial charge >= 0.3 is 6.03 Å². The second kappa shape index (κ2) is 10.4. The Hall–Kier alpha value is -4.20. The fraction of sp³-hybridized carbons (Fsp3) is 0.0909. The summed E-state index contributed by atoms with van der Waals surface area (Å²) in [5.74, 6) is -0.691. The molecule has 0 bridgehead atoms. The number of pyridine rings is 1. The van der Waals surface area contributed by atoms with Crippen LogP contribution in [0.3, 0.4) is 0 Å². The molecular formula is C22H21N5O3. The van der Waals surface area contributed by atoms with Crippen LogP contribution in [0.5, 0.6) is 0 Å². The van der Waals surface area contributed by atoms with Crippen LogP contribution in [0, 0.1) is 0 Å². The molecule has 0 aliphatic rings. The average Bonchev–Trinajstić information content (AvgIpc) is 2.78. The third-order valence-corrected chi connectivity index (χ3v) is 4.03. The van der Waals surface area contributed by atoms with Gasteiger partial charge in [0.1, 0.15) is 0 Å². The fourth-order valence-corrected chi connectivity index (χ4v) is 2.58. The van der Waals surface area contributed by atoms with Crippen LogP contribution in [0.4, 0.5) is 16.2 Å². The summed E-state index contributed by atoms with van der Waals surface area (Å²) >= 11 is 0. The smallest absolute Gasteiger partial charge is 0.315 e. The van der Waals surface area contributed by atoms with E-state index in [2.05, 4.69) is 26.3 Å². The maximum Gasteiger partial charge on any atom is 0.315 e. The van der Waals surface area contributed by atoms with E-state index >= 15 is 0 Å². The molecule has 0 spiro atoms. The molecule has 3 rings (SSSR count). The Morgan fingerprint density at radius 1 is 0.800 bits per heavy atom. The average molecular weight is 403 g/mol. The Kier molecular flexibility index (Phi) is 7.10. The highest BCUT2D eigenvalue weighted by Gasteiger charge is 2.08. The molecular weight excluding hydrogens is 382 g/mol. The predicted molar refractivity (Wildman–Crippen MR) is 114 cm³/mol. The number of nitrogens with zero attached hydrogens (tertiary/aromatic N) is 1. The third kappa shape index (κ3) is 6.45. The molecule has 1 heterocycles.